The predicted octanol–water partition coefficient (Wildman–Crippen LogP) is 3.46. The largest absolute Gasteiger partial charge is 0.481 e. The van der Waals surface area contributed by atoms with Crippen molar-refractivity contribution in [3.05, 3.63) is 35.9 Å². The van der Waals surface area contributed by atoms with Gasteiger partial charge in [0.1, 0.15) is 5.82 Å². The predicted molar refractivity (Wildman–Crippen MR) is 81.0 cm³/mol. The minimum Gasteiger partial charge on any atom is -0.481 e. The lowest BCUT2D eigenvalue weighted by Gasteiger charge is -2.11. The number of carboxylic acid groups (broad SMARTS) is 1. The Morgan fingerprint density at radius 3 is 2.90 bits per heavy atom. The molecule has 1 heterocycles. The van der Waals surface area contributed by atoms with Crippen molar-refractivity contribution < 1.29 is 9.90 Å². The highest BCUT2D eigenvalue weighted by molar-refractivity contribution is 5.81. The van der Waals surface area contributed by atoms with E-state index in [0.717, 1.165) is 35.2 Å². The number of aliphatic carboxylic acids is 1. The van der Waals surface area contributed by atoms with Gasteiger partial charge >= 0.3 is 5.97 Å². The molecule has 0 saturated heterocycles. The monoisotopic (exact) mass is 272 g/mol. The molecule has 4 heteroatoms. The summed E-state index contributed by atoms with van der Waals surface area (Å²) in [6.45, 7) is 4.51. The van der Waals surface area contributed by atoms with Crippen molar-refractivity contribution in [2.45, 2.75) is 26.7 Å². The van der Waals surface area contributed by atoms with Crippen molar-refractivity contribution in [3.63, 3.8) is 0 Å². The Balaban J connectivity index is 1.96. The number of carboxylic acids is 1. The standard InChI is InChI=1S/C16H20N2O2/c1-11(16(19)20)6-5-9-17-15-12(2)10-13-7-3-4-8-14(13)18-15/h3-4,7-8,10-11H,5-6,9H2,1-2H3,(H,17,18)(H,19,20). The lowest BCUT2D eigenvalue weighted by atomic mass is 10.1. The van der Waals surface area contributed by atoms with Gasteiger partial charge in [0.25, 0.3) is 0 Å². The average Bonchev–Trinajstić information content (AvgIpc) is 2.43. The van der Waals surface area contributed by atoms with Gasteiger partial charge in [-0.15, -0.1) is 0 Å². The molecule has 2 rings (SSSR count). The molecule has 1 aromatic carbocycles. The van der Waals surface area contributed by atoms with Gasteiger partial charge in [0.15, 0.2) is 0 Å². The summed E-state index contributed by atoms with van der Waals surface area (Å²) < 4.78 is 0. The van der Waals surface area contributed by atoms with Crippen LogP contribution in [0.15, 0.2) is 30.3 Å². The molecular weight excluding hydrogens is 252 g/mol. The highest BCUT2D eigenvalue weighted by Crippen LogP contribution is 2.19. The van der Waals surface area contributed by atoms with E-state index in [2.05, 4.69) is 16.4 Å². The van der Waals surface area contributed by atoms with E-state index >= 15 is 0 Å². The van der Waals surface area contributed by atoms with Crippen molar-refractivity contribution in [1.29, 1.82) is 0 Å². The first-order chi connectivity index (χ1) is 9.58. The number of fused-ring (bicyclic) bond motifs is 1. The van der Waals surface area contributed by atoms with Gasteiger partial charge in [-0.1, -0.05) is 25.1 Å². The number of aryl methyl sites for hydroxylation is 1. The smallest absolute Gasteiger partial charge is 0.306 e. The van der Waals surface area contributed by atoms with Crippen LogP contribution in [0, 0.1) is 12.8 Å². The molecule has 20 heavy (non-hydrogen) atoms. The van der Waals surface area contributed by atoms with Crippen LogP contribution in [0.5, 0.6) is 0 Å². The molecule has 2 aromatic rings. The van der Waals surface area contributed by atoms with Gasteiger partial charge in [-0.2, -0.15) is 0 Å². The van der Waals surface area contributed by atoms with Crippen molar-refractivity contribution in [1.82, 2.24) is 4.98 Å². The van der Waals surface area contributed by atoms with E-state index in [9.17, 15) is 4.79 Å². The number of anilines is 1. The second-order valence-electron chi connectivity index (χ2n) is 5.15. The van der Waals surface area contributed by atoms with Crippen molar-refractivity contribution in [2.24, 2.45) is 5.92 Å². The number of nitrogens with one attached hydrogen (secondary N) is 1. The Hall–Kier alpha value is -2.10. The third-order valence-corrected chi connectivity index (χ3v) is 3.44. The molecule has 0 amide bonds. The highest BCUT2D eigenvalue weighted by atomic mass is 16.4. The molecule has 0 bridgehead atoms. The molecule has 0 aliphatic carbocycles. The SMILES string of the molecule is Cc1cc2ccccc2nc1NCCCC(C)C(=O)O. The average molecular weight is 272 g/mol. The second-order valence-corrected chi connectivity index (χ2v) is 5.15. The lowest BCUT2D eigenvalue weighted by Crippen LogP contribution is -2.12. The van der Waals surface area contributed by atoms with Gasteiger partial charge in [0.2, 0.25) is 0 Å². The minimum atomic E-state index is -0.731. The van der Waals surface area contributed by atoms with Crippen LogP contribution in [0.4, 0.5) is 5.82 Å². The van der Waals surface area contributed by atoms with E-state index in [4.69, 9.17) is 5.11 Å². The zero-order valence-corrected chi connectivity index (χ0v) is 11.9. The summed E-state index contributed by atoms with van der Waals surface area (Å²) in [6.07, 6.45) is 1.50. The van der Waals surface area contributed by atoms with E-state index in [1.807, 2.05) is 31.2 Å². The molecule has 106 valence electrons. The first-order valence-electron chi connectivity index (χ1n) is 6.91. The Kier molecular flexibility index (Phi) is 4.56. The topological polar surface area (TPSA) is 62.2 Å². The number of nitrogens with zero attached hydrogens (tertiary/aromatic N) is 1. The highest BCUT2D eigenvalue weighted by Gasteiger charge is 2.10. The molecule has 0 aliphatic rings. The van der Waals surface area contributed by atoms with Crippen LogP contribution in [0.25, 0.3) is 10.9 Å². The van der Waals surface area contributed by atoms with E-state index in [1.165, 1.54) is 0 Å². The molecule has 0 fully saturated rings. The van der Waals surface area contributed by atoms with E-state index in [-0.39, 0.29) is 5.92 Å². The second kappa shape index (κ2) is 6.37. The molecule has 4 nitrogen and oxygen atoms in total. The maximum absolute atomic E-state index is 10.7. The lowest BCUT2D eigenvalue weighted by molar-refractivity contribution is -0.141. The summed E-state index contributed by atoms with van der Waals surface area (Å²) in [5.74, 6) is -0.140. The number of benzene rings is 1. The Morgan fingerprint density at radius 1 is 1.40 bits per heavy atom. The summed E-state index contributed by atoms with van der Waals surface area (Å²) in [7, 11) is 0. The number of carbonyl (C=O) groups is 1. The van der Waals surface area contributed by atoms with Gasteiger partial charge in [-0.3, -0.25) is 4.79 Å². The van der Waals surface area contributed by atoms with E-state index in [1.54, 1.807) is 6.92 Å². The third kappa shape index (κ3) is 3.47. The number of para-hydroxylation sites is 1. The molecule has 0 spiro atoms. The van der Waals surface area contributed by atoms with Crippen LogP contribution in [-0.4, -0.2) is 22.6 Å². The molecule has 0 saturated carbocycles. The van der Waals surface area contributed by atoms with Gasteiger partial charge < -0.3 is 10.4 Å². The molecule has 0 radical (unpaired) electrons. The van der Waals surface area contributed by atoms with Gasteiger partial charge in [0, 0.05) is 11.9 Å². The molecular formula is C16H20N2O2. The first kappa shape index (κ1) is 14.3. The fourth-order valence-electron chi connectivity index (χ4n) is 2.14. The van der Waals surface area contributed by atoms with Crippen LogP contribution in [0.1, 0.15) is 25.3 Å². The zero-order chi connectivity index (χ0) is 14.5. The summed E-state index contributed by atoms with van der Waals surface area (Å²) in [4.78, 5) is 15.3. The quantitative estimate of drug-likeness (QED) is 0.791. The van der Waals surface area contributed by atoms with E-state index in [0.29, 0.717) is 6.42 Å². The fraction of sp³-hybridized carbons (Fsp3) is 0.375. The summed E-state index contributed by atoms with van der Waals surface area (Å²) >= 11 is 0. The molecule has 2 N–H and O–H groups in total. The summed E-state index contributed by atoms with van der Waals surface area (Å²) in [6, 6.07) is 10.1. The number of rotatable bonds is 6. The fourth-order valence-corrected chi connectivity index (χ4v) is 2.14. The normalized spacial score (nSPS) is 12.3. The summed E-state index contributed by atoms with van der Waals surface area (Å²) in [5, 5.41) is 13.3. The maximum Gasteiger partial charge on any atom is 0.306 e. The molecule has 1 unspecified atom stereocenters. The Bertz CT molecular complexity index is 610. The van der Waals surface area contributed by atoms with Crippen LogP contribution >= 0.6 is 0 Å². The Morgan fingerprint density at radius 2 is 2.15 bits per heavy atom. The van der Waals surface area contributed by atoms with Crippen LogP contribution in [0.2, 0.25) is 0 Å². The van der Waals surface area contributed by atoms with Crippen LogP contribution in [-0.2, 0) is 4.79 Å². The van der Waals surface area contributed by atoms with Gasteiger partial charge in [-0.05, 0) is 37.5 Å². The molecule has 0 aliphatic heterocycles. The summed E-state index contributed by atoms with van der Waals surface area (Å²) in [5.41, 5.74) is 2.08. The molecule has 1 aromatic heterocycles. The first-order valence-corrected chi connectivity index (χ1v) is 6.91. The minimum absolute atomic E-state index is 0.289. The van der Waals surface area contributed by atoms with E-state index < -0.39 is 5.97 Å². The van der Waals surface area contributed by atoms with Crippen LogP contribution in [0.3, 0.4) is 0 Å². The third-order valence-electron chi connectivity index (χ3n) is 3.44. The number of hydrogen-bond acceptors (Lipinski definition) is 3. The number of hydrogen-bond donors (Lipinski definition) is 2. The number of aromatic nitrogens is 1. The van der Waals surface area contributed by atoms with Gasteiger partial charge in [-0.25, -0.2) is 4.98 Å². The van der Waals surface area contributed by atoms with Crippen molar-refractivity contribution >= 4 is 22.7 Å². The zero-order valence-electron chi connectivity index (χ0n) is 11.9. The van der Waals surface area contributed by atoms with Crippen LogP contribution < -0.4 is 5.32 Å². The maximum atomic E-state index is 10.7. The Labute approximate surface area is 118 Å². The molecule has 1 atom stereocenters. The van der Waals surface area contributed by atoms with Crippen molar-refractivity contribution in [3.8, 4) is 0 Å². The number of pyridine rings is 1. The van der Waals surface area contributed by atoms with Crippen molar-refractivity contribution in [2.75, 3.05) is 11.9 Å². The van der Waals surface area contributed by atoms with Gasteiger partial charge in [0.05, 0.1) is 11.4 Å².